The Morgan fingerprint density at radius 3 is 2.62 bits per heavy atom. The number of benzene rings is 2. The quantitative estimate of drug-likeness (QED) is 0.662. The summed E-state index contributed by atoms with van der Waals surface area (Å²) < 4.78 is 5.35. The van der Waals surface area contributed by atoms with Crippen molar-refractivity contribution in [2.45, 2.75) is 6.92 Å². The van der Waals surface area contributed by atoms with Crippen molar-refractivity contribution in [3.8, 4) is 5.75 Å². The molecule has 1 aromatic heterocycles. The third-order valence-electron chi connectivity index (χ3n) is 3.76. The van der Waals surface area contributed by atoms with E-state index in [1.54, 1.807) is 49.7 Å². The first-order valence-electron chi connectivity index (χ1n) is 8.00. The van der Waals surface area contributed by atoms with E-state index >= 15 is 0 Å². The lowest BCUT2D eigenvalue weighted by atomic mass is 10.2. The molecule has 132 valence electrons. The van der Waals surface area contributed by atoms with Gasteiger partial charge in [-0.3, -0.25) is 4.79 Å². The molecule has 2 N–H and O–H groups in total. The number of aromatic nitrogens is 1. The molecule has 2 aromatic carbocycles. The van der Waals surface area contributed by atoms with Crippen molar-refractivity contribution in [1.29, 1.82) is 0 Å². The highest BCUT2D eigenvalue weighted by Gasteiger charge is 2.10. The lowest BCUT2D eigenvalue weighted by Gasteiger charge is -2.12. The summed E-state index contributed by atoms with van der Waals surface area (Å²) in [7, 11) is 1.62. The summed E-state index contributed by atoms with van der Waals surface area (Å²) in [6.45, 7) is 2.01. The molecule has 26 heavy (non-hydrogen) atoms. The van der Waals surface area contributed by atoms with Gasteiger partial charge in [-0.05, 0) is 48.9 Å². The number of carbonyl (C=O) groups excluding carboxylic acids is 1. The molecule has 0 unspecified atom stereocenters. The van der Waals surface area contributed by atoms with E-state index in [0.717, 1.165) is 17.0 Å². The Morgan fingerprint density at radius 2 is 1.92 bits per heavy atom. The third-order valence-corrected chi connectivity index (χ3v) is 4.09. The second-order valence-electron chi connectivity index (χ2n) is 5.69. The molecule has 1 amide bonds. The molecule has 0 saturated heterocycles. The average molecular weight is 368 g/mol. The number of anilines is 3. The summed E-state index contributed by atoms with van der Waals surface area (Å²) in [6, 6.07) is 16.3. The number of hydrogen-bond acceptors (Lipinski definition) is 4. The number of methoxy groups -OCH3 is 1. The zero-order valence-electron chi connectivity index (χ0n) is 14.4. The lowest BCUT2D eigenvalue weighted by molar-refractivity contribution is 0.102. The molecule has 1 heterocycles. The van der Waals surface area contributed by atoms with Gasteiger partial charge in [0.05, 0.1) is 35.3 Å². The minimum absolute atomic E-state index is 0.279. The van der Waals surface area contributed by atoms with Gasteiger partial charge in [0.25, 0.3) is 5.91 Å². The number of hydrogen-bond donors (Lipinski definition) is 2. The average Bonchev–Trinajstić information content (AvgIpc) is 2.64. The van der Waals surface area contributed by atoms with E-state index in [1.165, 1.54) is 0 Å². The maximum atomic E-state index is 12.3. The highest BCUT2D eigenvalue weighted by Crippen LogP contribution is 2.28. The second kappa shape index (κ2) is 7.89. The number of aryl methyl sites for hydroxylation is 1. The van der Waals surface area contributed by atoms with Crippen molar-refractivity contribution in [1.82, 2.24) is 4.98 Å². The van der Waals surface area contributed by atoms with Crippen LogP contribution in [0.2, 0.25) is 5.02 Å². The molecule has 0 spiro atoms. The van der Waals surface area contributed by atoms with Gasteiger partial charge in [0.1, 0.15) is 11.6 Å². The first-order chi connectivity index (χ1) is 12.6. The van der Waals surface area contributed by atoms with Crippen LogP contribution in [0.4, 0.5) is 17.2 Å². The van der Waals surface area contributed by atoms with Crippen LogP contribution in [0.5, 0.6) is 5.75 Å². The lowest BCUT2D eigenvalue weighted by Crippen LogP contribution is -2.12. The van der Waals surface area contributed by atoms with Gasteiger partial charge in [-0.25, -0.2) is 4.98 Å². The van der Waals surface area contributed by atoms with Crippen LogP contribution in [0, 0.1) is 6.92 Å². The summed E-state index contributed by atoms with van der Waals surface area (Å²) in [5.41, 5.74) is 2.93. The summed E-state index contributed by atoms with van der Waals surface area (Å²) in [4.78, 5) is 16.6. The van der Waals surface area contributed by atoms with Crippen molar-refractivity contribution in [3.63, 3.8) is 0 Å². The minimum Gasteiger partial charge on any atom is -0.495 e. The van der Waals surface area contributed by atoms with Gasteiger partial charge < -0.3 is 15.4 Å². The van der Waals surface area contributed by atoms with Crippen LogP contribution in [0.15, 0.2) is 60.8 Å². The largest absolute Gasteiger partial charge is 0.495 e. The third kappa shape index (κ3) is 4.13. The smallest absolute Gasteiger partial charge is 0.257 e. The first kappa shape index (κ1) is 17.8. The molecule has 0 saturated carbocycles. The van der Waals surface area contributed by atoms with Crippen LogP contribution in [-0.2, 0) is 0 Å². The van der Waals surface area contributed by atoms with E-state index in [4.69, 9.17) is 16.3 Å². The van der Waals surface area contributed by atoms with Gasteiger partial charge >= 0.3 is 0 Å². The van der Waals surface area contributed by atoms with Crippen molar-refractivity contribution in [2.75, 3.05) is 17.7 Å². The van der Waals surface area contributed by atoms with Crippen LogP contribution in [0.3, 0.4) is 0 Å². The molecule has 0 bridgehead atoms. The summed E-state index contributed by atoms with van der Waals surface area (Å²) in [5.74, 6) is 1.09. The van der Waals surface area contributed by atoms with Crippen LogP contribution >= 0.6 is 11.6 Å². The van der Waals surface area contributed by atoms with Crippen LogP contribution in [0.25, 0.3) is 0 Å². The normalized spacial score (nSPS) is 10.3. The van der Waals surface area contributed by atoms with E-state index in [2.05, 4.69) is 15.6 Å². The van der Waals surface area contributed by atoms with E-state index < -0.39 is 0 Å². The Labute approximate surface area is 157 Å². The number of pyridine rings is 1. The summed E-state index contributed by atoms with van der Waals surface area (Å²) >= 11 is 6.04. The van der Waals surface area contributed by atoms with E-state index in [0.29, 0.717) is 22.1 Å². The maximum Gasteiger partial charge on any atom is 0.257 e. The van der Waals surface area contributed by atoms with Gasteiger partial charge in [0.2, 0.25) is 0 Å². The fourth-order valence-corrected chi connectivity index (χ4v) is 2.66. The van der Waals surface area contributed by atoms with Gasteiger partial charge in [0, 0.05) is 0 Å². The molecule has 0 aliphatic rings. The summed E-state index contributed by atoms with van der Waals surface area (Å²) in [6.07, 6.45) is 1.58. The Hall–Kier alpha value is -3.05. The minimum atomic E-state index is -0.279. The zero-order valence-corrected chi connectivity index (χ0v) is 15.2. The molecule has 0 aliphatic heterocycles. The van der Waals surface area contributed by atoms with Crippen molar-refractivity contribution < 1.29 is 9.53 Å². The molecule has 6 heteroatoms. The van der Waals surface area contributed by atoms with Crippen LogP contribution in [0.1, 0.15) is 15.9 Å². The highest BCUT2D eigenvalue weighted by molar-refractivity contribution is 6.34. The van der Waals surface area contributed by atoms with Crippen molar-refractivity contribution in [2.24, 2.45) is 0 Å². The fraction of sp³-hybridized carbons (Fsp3) is 0.100. The number of carbonyl (C=O) groups is 1. The van der Waals surface area contributed by atoms with Gasteiger partial charge in [0.15, 0.2) is 0 Å². The fourth-order valence-electron chi connectivity index (χ4n) is 2.44. The van der Waals surface area contributed by atoms with Crippen LogP contribution in [-0.4, -0.2) is 18.0 Å². The zero-order chi connectivity index (χ0) is 18.5. The van der Waals surface area contributed by atoms with Crippen molar-refractivity contribution in [3.05, 3.63) is 76.9 Å². The van der Waals surface area contributed by atoms with Crippen LogP contribution < -0.4 is 15.4 Å². The number of nitrogens with zero attached hydrogens (tertiary/aromatic N) is 1. The van der Waals surface area contributed by atoms with Gasteiger partial charge in [-0.1, -0.05) is 29.8 Å². The number of rotatable bonds is 5. The van der Waals surface area contributed by atoms with E-state index in [1.807, 2.05) is 25.1 Å². The molecule has 3 aromatic rings. The number of halogens is 1. The number of amides is 1. The maximum absolute atomic E-state index is 12.3. The molecule has 0 atom stereocenters. The van der Waals surface area contributed by atoms with E-state index in [-0.39, 0.29) is 5.91 Å². The number of nitrogens with one attached hydrogen (secondary N) is 2. The molecular formula is C20H18ClN3O2. The highest BCUT2D eigenvalue weighted by atomic mass is 35.5. The predicted molar refractivity (Wildman–Crippen MR) is 105 cm³/mol. The molecule has 0 aliphatic carbocycles. The predicted octanol–water partition coefficient (Wildman–Crippen LogP) is 5.05. The van der Waals surface area contributed by atoms with E-state index in [9.17, 15) is 4.79 Å². The van der Waals surface area contributed by atoms with Crippen molar-refractivity contribution >= 4 is 34.7 Å². The Kier molecular flexibility index (Phi) is 5.39. The Balaban J connectivity index is 1.72. The Morgan fingerprint density at radius 1 is 1.12 bits per heavy atom. The monoisotopic (exact) mass is 367 g/mol. The molecule has 0 radical (unpaired) electrons. The molecule has 5 nitrogen and oxygen atoms in total. The first-order valence-corrected chi connectivity index (χ1v) is 8.38. The Bertz CT molecular complexity index is 927. The second-order valence-corrected chi connectivity index (χ2v) is 6.10. The number of ether oxygens (including phenoxy) is 1. The van der Waals surface area contributed by atoms with Gasteiger partial charge in [-0.15, -0.1) is 0 Å². The SMILES string of the molecule is COc1ccc(C)cc1Nc1ccc(NC(=O)c2ccccc2Cl)cn1. The summed E-state index contributed by atoms with van der Waals surface area (Å²) in [5, 5.41) is 6.40. The molecule has 3 rings (SSSR count). The van der Waals surface area contributed by atoms with Gasteiger partial charge in [-0.2, -0.15) is 0 Å². The molecular weight excluding hydrogens is 350 g/mol. The molecule has 0 fully saturated rings. The standard InChI is InChI=1S/C20H18ClN3O2/c1-13-7-9-18(26-2)17(11-13)24-19-10-8-14(12-22-19)23-20(25)15-5-3-4-6-16(15)21/h3-12H,1-2H3,(H,22,24)(H,23,25). The topological polar surface area (TPSA) is 63.2 Å².